The highest BCUT2D eigenvalue weighted by molar-refractivity contribution is 6.30. The third-order valence-electron chi connectivity index (χ3n) is 5.36. The number of nitrogens with zero attached hydrogens (tertiary/aromatic N) is 5. The van der Waals surface area contributed by atoms with Crippen LogP contribution in [0.15, 0.2) is 41.3 Å². The summed E-state index contributed by atoms with van der Waals surface area (Å²) in [6.07, 6.45) is 3.81. The van der Waals surface area contributed by atoms with Gasteiger partial charge in [0.25, 0.3) is 5.56 Å². The van der Waals surface area contributed by atoms with Crippen molar-refractivity contribution >= 4 is 28.3 Å². The van der Waals surface area contributed by atoms with Gasteiger partial charge in [0, 0.05) is 24.9 Å². The van der Waals surface area contributed by atoms with Crippen molar-refractivity contribution in [2.24, 2.45) is 0 Å². The zero-order valence-electron chi connectivity index (χ0n) is 16.4. The Morgan fingerprint density at radius 3 is 2.80 bits per heavy atom. The van der Waals surface area contributed by atoms with E-state index in [0.717, 1.165) is 30.6 Å². The van der Waals surface area contributed by atoms with Crippen molar-refractivity contribution in [3.63, 3.8) is 0 Å². The fraction of sp³-hybridized carbons (Fsp3) is 0.333. The lowest BCUT2D eigenvalue weighted by Crippen LogP contribution is -2.27. The van der Waals surface area contributed by atoms with Gasteiger partial charge >= 0.3 is 0 Å². The van der Waals surface area contributed by atoms with Crippen LogP contribution in [0, 0.1) is 0 Å². The quantitative estimate of drug-likeness (QED) is 0.488. The topological polar surface area (TPSA) is 83.5 Å². The molecular formula is C21H20ClN5O3. The Balaban J connectivity index is 1.68. The fourth-order valence-electron chi connectivity index (χ4n) is 3.93. The van der Waals surface area contributed by atoms with E-state index in [4.69, 9.17) is 21.1 Å². The summed E-state index contributed by atoms with van der Waals surface area (Å²) in [5, 5.41) is 14.0. The number of hydrogen-bond acceptors (Lipinski definition) is 6. The second-order valence-corrected chi connectivity index (χ2v) is 7.78. The van der Waals surface area contributed by atoms with Crippen LogP contribution in [0.1, 0.15) is 18.5 Å². The van der Waals surface area contributed by atoms with Crippen molar-refractivity contribution in [1.29, 1.82) is 0 Å². The molecule has 0 bridgehead atoms. The molecule has 1 atom stereocenters. The van der Waals surface area contributed by atoms with E-state index in [2.05, 4.69) is 15.3 Å². The number of ether oxygens (including phenoxy) is 2. The van der Waals surface area contributed by atoms with Crippen LogP contribution in [0.2, 0.25) is 5.02 Å². The molecule has 0 aliphatic carbocycles. The van der Waals surface area contributed by atoms with Crippen LogP contribution in [-0.4, -0.2) is 44.2 Å². The number of rotatable bonds is 5. The van der Waals surface area contributed by atoms with Crippen molar-refractivity contribution in [3.05, 3.63) is 57.6 Å². The van der Waals surface area contributed by atoms with E-state index in [1.807, 2.05) is 30.3 Å². The van der Waals surface area contributed by atoms with Crippen molar-refractivity contribution in [2.75, 3.05) is 13.7 Å². The van der Waals surface area contributed by atoms with E-state index < -0.39 is 0 Å². The molecule has 0 spiro atoms. The van der Waals surface area contributed by atoms with Crippen LogP contribution < -0.4 is 5.56 Å². The minimum atomic E-state index is -0.200. The van der Waals surface area contributed by atoms with Crippen LogP contribution in [0.4, 0.5) is 0 Å². The van der Waals surface area contributed by atoms with Gasteiger partial charge in [-0.2, -0.15) is 5.10 Å². The molecule has 4 aromatic rings. The van der Waals surface area contributed by atoms with Crippen molar-refractivity contribution in [3.8, 4) is 11.1 Å². The molecular weight excluding hydrogens is 406 g/mol. The van der Waals surface area contributed by atoms with Crippen molar-refractivity contribution in [1.82, 2.24) is 24.4 Å². The van der Waals surface area contributed by atoms with Gasteiger partial charge in [0.15, 0.2) is 11.2 Å². The van der Waals surface area contributed by atoms with Crippen LogP contribution in [0.25, 0.3) is 27.8 Å². The monoisotopic (exact) mass is 425 g/mol. The molecule has 1 saturated heterocycles. The molecule has 4 heterocycles. The Labute approximate surface area is 177 Å². The van der Waals surface area contributed by atoms with Crippen molar-refractivity contribution in [2.45, 2.75) is 32.1 Å². The molecule has 154 valence electrons. The van der Waals surface area contributed by atoms with Gasteiger partial charge in [-0.05, 0) is 36.6 Å². The molecule has 1 fully saturated rings. The van der Waals surface area contributed by atoms with E-state index in [0.29, 0.717) is 35.0 Å². The summed E-state index contributed by atoms with van der Waals surface area (Å²) in [6.45, 7) is 1.56. The number of benzene rings is 1. The summed E-state index contributed by atoms with van der Waals surface area (Å²) in [7, 11) is 1.61. The Bertz CT molecular complexity index is 1280. The Morgan fingerprint density at radius 1 is 1.23 bits per heavy atom. The minimum Gasteiger partial charge on any atom is -0.378 e. The third kappa shape index (κ3) is 3.27. The molecule has 1 aliphatic rings. The molecule has 0 N–H and O–H groups in total. The lowest BCUT2D eigenvalue weighted by molar-refractivity contribution is 0.0963. The highest BCUT2D eigenvalue weighted by Gasteiger charge is 2.21. The van der Waals surface area contributed by atoms with Gasteiger partial charge in [0.1, 0.15) is 5.52 Å². The first-order chi connectivity index (χ1) is 14.7. The molecule has 3 aromatic heterocycles. The Morgan fingerprint density at radius 2 is 2.07 bits per heavy atom. The number of halogens is 1. The summed E-state index contributed by atoms with van der Waals surface area (Å²) in [5.41, 5.74) is 3.67. The van der Waals surface area contributed by atoms with E-state index in [1.165, 1.54) is 0 Å². The number of fused-ring (bicyclic) bond motifs is 3. The minimum absolute atomic E-state index is 0.0614. The largest absolute Gasteiger partial charge is 0.378 e. The summed E-state index contributed by atoms with van der Waals surface area (Å²) in [5.74, 6) is 0. The first-order valence-corrected chi connectivity index (χ1v) is 10.2. The zero-order valence-corrected chi connectivity index (χ0v) is 17.2. The van der Waals surface area contributed by atoms with Crippen LogP contribution in [-0.2, 0) is 22.6 Å². The SMILES string of the molecule is COCc1nn2c(nnc3c(=O)n(C[C@@H]4CCCO4)ccc32)c1-c1ccc(Cl)cc1. The molecule has 8 nitrogen and oxygen atoms in total. The predicted octanol–water partition coefficient (Wildman–Crippen LogP) is 3.09. The van der Waals surface area contributed by atoms with Crippen LogP contribution in [0.5, 0.6) is 0 Å². The summed E-state index contributed by atoms with van der Waals surface area (Å²) >= 11 is 6.04. The van der Waals surface area contributed by atoms with E-state index in [9.17, 15) is 4.79 Å². The molecule has 9 heteroatoms. The molecule has 0 unspecified atom stereocenters. The highest BCUT2D eigenvalue weighted by atomic mass is 35.5. The Hall–Kier alpha value is -2.81. The maximum Gasteiger partial charge on any atom is 0.280 e. The molecule has 1 aliphatic heterocycles. The van der Waals surface area contributed by atoms with Gasteiger partial charge < -0.3 is 14.0 Å². The third-order valence-corrected chi connectivity index (χ3v) is 5.62. The lowest BCUT2D eigenvalue weighted by Gasteiger charge is -2.12. The van der Waals surface area contributed by atoms with Crippen LogP contribution >= 0.6 is 11.6 Å². The van der Waals surface area contributed by atoms with Gasteiger partial charge in [-0.25, -0.2) is 4.52 Å². The second-order valence-electron chi connectivity index (χ2n) is 7.34. The molecule has 0 amide bonds. The molecule has 1 aromatic carbocycles. The van der Waals surface area contributed by atoms with Crippen molar-refractivity contribution < 1.29 is 9.47 Å². The Kier molecular flexibility index (Phi) is 4.98. The van der Waals surface area contributed by atoms with Gasteiger partial charge in [-0.3, -0.25) is 4.79 Å². The first kappa shape index (κ1) is 19.2. The normalized spacial score (nSPS) is 16.7. The van der Waals surface area contributed by atoms with Gasteiger partial charge in [-0.1, -0.05) is 23.7 Å². The van der Waals surface area contributed by atoms with E-state index in [1.54, 1.807) is 22.4 Å². The maximum absolute atomic E-state index is 13.0. The first-order valence-electron chi connectivity index (χ1n) is 9.79. The second kappa shape index (κ2) is 7.79. The number of pyridine rings is 1. The summed E-state index contributed by atoms with van der Waals surface area (Å²) < 4.78 is 14.3. The molecule has 0 saturated carbocycles. The maximum atomic E-state index is 13.0. The fourth-order valence-corrected chi connectivity index (χ4v) is 4.06. The highest BCUT2D eigenvalue weighted by Crippen LogP contribution is 2.30. The molecule has 5 rings (SSSR count). The molecule has 0 radical (unpaired) electrons. The number of methoxy groups -OCH3 is 1. The van der Waals surface area contributed by atoms with Gasteiger partial charge in [0.2, 0.25) is 0 Å². The smallest absolute Gasteiger partial charge is 0.280 e. The average molecular weight is 426 g/mol. The number of aromatic nitrogens is 5. The predicted molar refractivity (Wildman–Crippen MR) is 113 cm³/mol. The van der Waals surface area contributed by atoms with Crippen LogP contribution in [0.3, 0.4) is 0 Å². The van der Waals surface area contributed by atoms with Gasteiger partial charge in [-0.15, -0.1) is 10.2 Å². The van der Waals surface area contributed by atoms with Gasteiger partial charge in [0.05, 0.1) is 30.5 Å². The number of hydrogen-bond donors (Lipinski definition) is 0. The summed E-state index contributed by atoms with van der Waals surface area (Å²) in [6, 6.07) is 9.29. The molecule has 30 heavy (non-hydrogen) atoms. The average Bonchev–Trinajstić information content (AvgIpc) is 3.39. The van der Waals surface area contributed by atoms with E-state index in [-0.39, 0.29) is 17.2 Å². The standard InChI is InChI=1S/C21H20ClN5O3/c1-29-12-16-18(13-4-6-14(22)7-5-13)20-24-23-19-17(27(20)25-16)8-9-26(21(19)28)11-15-3-2-10-30-15/h4-9,15H,2-3,10-12H2,1H3/t15-/m0/s1. The zero-order chi connectivity index (χ0) is 20.7. The lowest BCUT2D eigenvalue weighted by atomic mass is 10.1. The van der Waals surface area contributed by atoms with E-state index >= 15 is 0 Å². The summed E-state index contributed by atoms with van der Waals surface area (Å²) in [4.78, 5) is 13.0.